The zero-order chi connectivity index (χ0) is 18.5. The molecule has 1 aliphatic rings. The maximum Gasteiger partial charge on any atom is 0.259 e. The van der Waals surface area contributed by atoms with Gasteiger partial charge in [0.1, 0.15) is 11.3 Å². The maximum atomic E-state index is 12.2. The standard InChI is InChI=1S/C17H19N7OS2/c25-16(21-17-22-20-12-27-17)13-2-3-15(18-8-13)24-5-1-4-23(6-7-24)9-14-10-26-11-19-14/h2-3,8,10-12H,1,4-7,9H2,(H,21,22,25). The minimum Gasteiger partial charge on any atom is -0.355 e. The molecule has 1 saturated heterocycles. The number of hydrogen-bond acceptors (Lipinski definition) is 9. The molecule has 4 rings (SSSR count). The Kier molecular flexibility index (Phi) is 5.66. The van der Waals surface area contributed by atoms with Crippen molar-refractivity contribution in [3.63, 3.8) is 0 Å². The Morgan fingerprint density at radius 3 is 2.85 bits per heavy atom. The highest BCUT2D eigenvalue weighted by atomic mass is 32.1. The predicted molar refractivity (Wildman–Crippen MR) is 106 cm³/mol. The van der Waals surface area contributed by atoms with Gasteiger partial charge in [-0.25, -0.2) is 9.97 Å². The molecule has 0 bridgehead atoms. The van der Waals surface area contributed by atoms with Crippen LogP contribution in [-0.4, -0.2) is 57.2 Å². The average Bonchev–Trinajstić information content (AvgIpc) is 3.33. The van der Waals surface area contributed by atoms with Crippen molar-refractivity contribution in [1.29, 1.82) is 0 Å². The molecule has 0 spiro atoms. The van der Waals surface area contributed by atoms with E-state index in [1.807, 2.05) is 11.6 Å². The summed E-state index contributed by atoms with van der Waals surface area (Å²) in [6.07, 6.45) is 2.69. The number of carbonyl (C=O) groups excluding carboxylic acids is 1. The second-order valence-corrected chi connectivity index (χ2v) is 7.75. The van der Waals surface area contributed by atoms with Crippen molar-refractivity contribution in [2.75, 3.05) is 36.4 Å². The van der Waals surface area contributed by atoms with E-state index in [9.17, 15) is 4.79 Å². The van der Waals surface area contributed by atoms with Crippen LogP contribution < -0.4 is 10.2 Å². The summed E-state index contributed by atoms with van der Waals surface area (Å²) in [4.78, 5) is 25.8. The van der Waals surface area contributed by atoms with E-state index in [2.05, 4.69) is 40.7 Å². The first-order chi connectivity index (χ1) is 13.3. The van der Waals surface area contributed by atoms with E-state index in [-0.39, 0.29) is 5.91 Å². The fourth-order valence-electron chi connectivity index (χ4n) is 3.01. The van der Waals surface area contributed by atoms with Crippen LogP contribution in [0.2, 0.25) is 0 Å². The molecule has 1 N–H and O–H groups in total. The number of thiazole rings is 1. The van der Waals surface area contributed by atoms with Gasteiger partial charge in [-0.05, 0) is 18.6 Å². The lowest BCUT2D eigenvalue weighted by molar-refractivity contribution is 0.102. The molecule has 140 valence electrons. The first-order valence-electron chi connectivity index (χ1n) is 8.66. The molecule has 0 radical (unpaired) electrons. The van der Waals surface area contributed by atoms with Gasteiger partial charge in [-0.15, -0.1) is 21.5 Å². The van der Waals surface area contributed by atoms with E-state index in [0.717, 1.165) is 50.7 Å². The fourth-order valence-corrected chi connectivity index (χ4v) is 4.00. The van der Waals surface area contributed by atoms with Crippen molar-refractivity contribution >= 4 is 39.5 Å². The van der Waals surface area contributed by atoms with E-state index >= 15 is 0 Å². The zero-order valence-corrected chi connectivity index (χ0v) is 16.2. The summed E-state index contributed by atoms with van der Waals surface area (Å²) in [5.74, 6) is 0.675. The Morgan fingerprint density at radius 1 is 1.15 bits per heavy atom. The van der Waals surface area contributed by atoms with Crippen molar-refractivity contribution in [2.24, 2.45) is 0 Å². The molecule has 3 aromatic rings. The first-order valence-corrected chi connectivity index (χ1v) is 10.5. The number of nitrogens with one attached hydrogen (secondary N) is 1. The SMILES string of the molecule is O=C(Nc1nncs1)c1ccc(N2CCCN(Cc3cscn3)CC2)nc1. The monoisotopic (exact) mass is 401 g/mol. The van der Waals surface area contributed by atoms with Crippen LogP contribution >= 0.6 is 22.7 Å². The van der Waals surface area contributed by atoms with Crippen molar-refractivity contribution < 1.29 is 4.79 Å². The second-order valence-electron chi connectivity index (χ2n) is 6.20. The zero-order valence-electron chi connectivity index (χ0n) is 14.6. The lowest BCUT2D eigenvalue weighted by atomic mass is 10.2. The van der Waals surface area contributed by atoms with Gasteiger partial charge in [0.15, 0.2) is 0 Å². The third-order valence-corrected chi connectivity index (χ3v) is 5.61. The van der Waals surface area contributed by atoms with E-state index in [0.29, 0.717) is 10.7 Å². The Morgan fingerprint density at radius 2 is 2.11 bits per heavy atom. The molecule has 4 heterocycles. The number of aromatic nitrogens is 4. The summed E-state index contributed by atoms with van der Waals surface area (Å²) in [6, 6.07) is 3.71. The summed E-state index contributed by atoms with van der Waals surface area (Å²) in [6.45, 7) is 4.79. The number of hydrogen-bond donors (Lipinski definition) is 1. The van der Waals surface area contributed by atoms with Crippen molar-refractivity contribution in [1.82, 2.24) is 25.1 Å². The summed E-state index contributed by atoms with van der Waals surface area (Å²) in [5.41, 5.74) is 5.10. The molecule has 10 heteroatoms. The molecule has 1 aliphatic heterocycles. The van der Waals surface area contributed by atoms with E-state index in [1.54, 1.807) is 29.1 Å². The third kappa shape index (κ3) is 4.65. The average molecular weight is 402 g/mol. The van der Waals surface area contributed by atoms with E-state index < -0.39 is 0 Å². The van der Waals surface area contributed by atoms with Crippen LogP contribution in [0.25, 0.3) is 0 Å². The lowest BCUT2D eigenvalue weighted by Crippen LogP contribution is -2.31. The topological polar surface area (TPSA) is 87.1 Å². The molecule has 1 amide bonds. The molecular formula is C17H19N7OS2. The van der Waals surface area contributed by atoms with Gasteiger partial charge < -0.3 is 4.90 Å². The van der Waals surface area contributed by atoms with Gasteiger partial charge in [-0.1, -0.05) is 11.3 Å². The Labute approximate surface area is 164 Å². The highest BCUT2D eigenvalue weighted by Crippen LogP contribution is 2.17. The number of pyridine rings is 1. The Bertz CT molecular complexity index is 852. The molecule has 3 aromatic heterocycles. The lowest BCUT2D eigenvalue weighted by Gasteiger charge is -2.22. The quantitative estimate of drug-likeness (QED) is 0.702. The van der Waals surface area contributed by atoms with E-state index in [4.69, 9.17) is 0 Å². The molecule has 0 aliphatic carbocycles. The van der Waals surface area contributed by atoms with Crippen molar-refractivity contribution in [2.45, 2.75) is 13.0 Å². The van der Waals surface area contributed by atoms with E-state index in [1.165, 1.54) is 11.3 Å². The van der Waals surface area contributed by atoms with Gasteiger partial charge in [0, 0.05) is 44.3 Å². The molecule has 1 fully saturated rings. The molecular weight excluding hydrogens is 382 g/mol. The number of anilines is 2. The van der Waals surface area contributed by atoms with Gasteiger partial charge >= 0.3 is 0 Å². The smallest absolute Gasteiger partial charge is 0.259 e. The minimum atomic E-state index is -0.226. The molecule has 0 unspecified atom stereocenters. The van der Waals surface area contributed by atoms with Crippen LogP contribution in [-0.2, 0) is 6.54 Å². The number of amides is 1. The maximum absolute atomic E-state index is 12.2. The molecule has 0 atom stereocenters. The van der Waals surface area contributed by atoms with Crippen LogP contribution in [0, 0.1) is 0 Å². The third-order valence-electron chi connectivity index (χ3n) is 4.37. The van der Waals surface area contributed by atoms with Crippen LogP contribution in [0.1, 0.15) is 22.5 Å². The number of nitrogens with zero attached hydrogens (tertiary/aromatic N) is 6. The summed E-state index contributed by atoms with van der Waals surface area (Å²) in [5, 5.41) is 12.8. The Balaban J connectivity index is 1.35. The molecule has 8 nitrogen and oxygen atoms in total. The summed E-state index contributed by atoms with van der Waals surface area (Å²) < 4.78 is 0. The fraction of sp³-hybridized carbons (Fsp3) is 0.353. The van der Waals surface area contributed by atoms with Crippen LogP contribution in [0.5, 0.6) is 0 Å². The number of rotatable bonds is 5. The predicted octanol–water partition coefficient (Wildman–Crippen LogP) is 2.35. The van der Waals surface area contributed by atoms with Gasteiger partial charge in [-0.3, -0.25) is 15.0 Å². The van der Waals surface area contributed by atoms with Gasteiger partial charge in [0.2, 0.25) is 5.13 Å². The van der Waals surface area contributed by atoms with Gasteiger partial charge in [-0.2, -0.15) is 0 Å². The second kappa shape index (κ2) is 8.51. The van der Waals surface area contributed by atoms with Gasteiger partial charge in [0.05, 0.1) is 16.8 Å². The largest absolute Gasteiger partial charge is 0.355 e. The number of carbonyl (C=O) groups is 1. The molecule has 0 aromatic carbocycles. The normalized spacial score (nSPS) is 15.5. The van der Waals surface area contributed by atoms with Crippen molar-refractivity contribution in [3.8, 4) is 0 Å². The summed E-state index contributed by atoms with van der Waals surface area (Å²) >= 11 is 2.92. The van der Waals surface area contributed by atoms with Crippen LogP contribution in [0.15, 0.2) is 34.7 Å². The first kappa shape index (κ1) is 18.0. The van der Waals surface area contributed by atoms with Crippen LogP contribution in [0.3, 0.4) is 0 Å². The minimum absolute atomic E-state index is 0.226. The van der Waals surface area contributed by atoms with Crippen LogP contribution in [0.4, 0.5) is 10.9 Å². The van der Waals surface area contributed by atoms with Crippen molar-refractivity contribution in [3.05, 3.63) is 46.0 Å². The van der Waals surface area contributed by atoms with Gasteiger partial charge in [0.25, 0.3) is 5.91 Å². The molecule has 0 saturated carbocycles. The highest BCUT2D eigenvalue weighted by Gasteiger charge is 2.17. The highest BCUT2D eigenvalue weighted by molar-refractivity contribution is 7.13. The Hall–Kier alpha value is -2.43. The summed E-state index contributed by atoms with van der Waals surface area (Å²) in [7, 11) is 0. The molecule has 27 heavy (non-hydrogen) atoms.